The lowest BCUT2D eigenvalue weighted by molar-refractivity contribution is 0.221. The standard InChI is InChI=1S/C12H21ClN2/c1-10-5-7-14-12(11-3-4-11)9-15(10)8-2-6-13/h2,6,10-12,14H,3-5,7-9H2,1H3/b6-2+. The molecule has 0 aromatic heterocycles. The van der Waals surface area contributed by atoms with E-state index in [4.69, 9.17) is 11.6 Å². The molecule has 0 aromatic carbocycles. The fraction of sp³-hybridized carbons (Fsp3) is 0.833. The van der Waals surface area contributed by atoms with Gasteiger partial charge in [0.05, 0.1) is 0 Å². The Labute approximate surface area is 97.7 Å². The third kappa shape index (κ3) is 3.20. The number of rotatable bonds is 3. The van der Waals surface area contributed by atoms with E-state index in [0.29, 0.717) is 6.04 Å². The minimum absolute atomic E-state index is 0.675. The van der Waals surface area contributed by atoms with Gasteiger partial charge in [0.1, 0.15) is 0 Å². The molecule has 0 amide bonds. The first-order valence-corrected chi connectivity index (χ1v) is 6.47. The van der Waals surface area contributed by atoms with Crippen LogP contribution in [0, 0.1) is 5.92 Å². The smallest absolute Gasteiger partial charge is 0.0223 e. The molecule has 1 N–H and O–H groups in total. The molecule has 0 bridgehead atoms. The van der Waals surface area contributed by atoms with Crippen molar-refractivity contribution in [2.75, 3.05) is 19.6 Å². The van der Waals surface area contributed by atoms with Crippen LogP contribution in [0.1, 0.15) is 26.2 Å². The number of nitrogens with zero attached hydrogens (tertiary/aromatic N) is 1. The van der Waals surface area contributed by atoms with E-state index >= 15 is 0 Å². The Morgan fingerprint density at radius 1 is 1.40 bits per heavy atom. The average molecular weight is 229 g/mol. The second-order valence-electron chi connectivity index (χ2n) is 4.85. The van der Waals surface area contributed by atoms with Gasteiger partial charge < -0.3 is 5.32 Å². The molecule has 2 aliphatic rings. The van der Waals surface area contributed by atoms with E-state index in [0.717, 1.165) is 18.5 Å². The molecule has 1 saturated carbocycles. The van der Waals surface area contributed by atoms with Crippen LogP contribution in [-0.2, 0) is 0 Å². The molecule has 1 saturated heterocycles. The monoisotopic (exact) mass is 228 g/mol. The first kappa shape index (κ1) is 11.4. The van der Waals surface area contributed by atoms with Gasteiger partial charge in [-0.25, -0.2) is 0 Å². The molecule has 2 unspecified atom stereocenters. The quantitative estimate of drug-likeness (QED) is 0.797. The van der Waals surface area contributed by atoms with Crippen LogP contribution in [-0.4, -0.2) is 36.6 Å². The topological polar surface area (TPSA) is 15.3 Å². The molecule has 0 spiro atoms. The highest BCUT2D eigenvalue weighted by Crippen LogP contribution is 2.33. The van der Waals surface area contributed by atoms with E-state index in [2.05, 4.69) is 17.1 Å². The Kier molecular flexibility index (Phi) is 4.06. The summed E-state index contributed by atoms with van der Waals surface area (Å²) in [5.41, 5.74) is 1.64. The van der Waals surface area contributed by atoms with Crippen molar-refractivity contribution in [2.24, 2.45) is 5.92 Å². The zero-order valence-corrected chi connectivity index (χ0v) is 10.2. The highest BCUT2D eigenvalue weighted by Gasteiger charge is 2.34. The van der Waals surface area contributed by atoms with Gasteiger partial charge in [-0.3, -0.25) is 4.90 Å². The minimum Gasteiger partial charge on any atom is -0.312 e. The molecule has 1 aliphatic carbocycles. The summed E-state index contributed by atoms with van der Waals surface area (Å²) in [5, 5.41) is 3.68. The third-order valence-corrected chi connectivity index (χ3v) is 3.82. The maximum atomic E-state index is 5.60. The van der Waals surface area contributed by atoms with Crippen LogP contribution < -0.4 is 5.32 Å². The Balaban J connectivity index is 1.91. The van der Waals surface area contributed by atoms with Gasteiger partial charge in [0, 0.05) is 30.7 Å². The lowest BCUT2D eigenvalue weighted by Crippen LogP contribution is -2.41. The van der Waals surface area contributed by atoms with Crippen molar-refractivity contribution in [1.29, 1.82) is 0 Å². The van der Waals surface area contributed by atoms with E-state index in [1.165, 1.54) is 32.4 Å². The molecular formula is C12H21ClN2. The van der Waals surface area contributed by atoms with Gasteiger partial charge in [-0.05, 0) is 38.6 Å². The Hall–Kier alpha value is -0.0500. The number of halogens is 1. The van der Waals surface area contributed by atoms with Crippen LogP contribution in [0.25, 0.3) is 0 Å². The summed E-state index contributed by atoms with van der Waals surface area (Å²) in [7, 11) is 0. The van der Waals surface area contributed by atoms with Gasteiger partial charge in [-0.15, -0.1) is 0 Å². The molecule has 86 valence electrons. The average Bonchev–Trinajstić information content (AvgIpc) is 3.03. The van der Waals surface area contributed by atoms with Gasteiger partial charge in [0.15, 0.2) is 0 Å². The lowest BCUT2D eigenvalue weighted by atomic mass is 10.1. The molecule has 2 rings (SSSR count). The largest absolute Gasteiger partial charge is 0.312 e. The fourth-order valence-corrected chi connectivity index (χ4v) is 2.48. The van der Waals surface area contributed by atoms with Crippen molar-refractivity contribution in [3.8, 4) is 0 Å². The lowest BCUT2D eigenvalue weighted by Gasteiger charge is -2.27. The predicted molar refractivity (Wildman–Crippen MR) is 65.2 cm³/mol. The summed E-state index contributed by atoms with van der Waals surface area (Å²) in [5.74, 6) is 0.942. The predicted octanol–water partition coefficient (Wildman–Crippen LogP) is 2.20. The fourth-order valence-electron chi connectivity index (χ4n) is 2.40. The van der Waals surface area contributed by atoms with Crippen LogP contribution >= 0.6 is 11.6 Å². The van der Waals surface area contributed by atoms with Crippen molar-refractivity contribution >= 4 is 11.6 Å². The maximum absolute atomic E-state index is 5.60. The number of hydrogen-bond donors (Lipinski definition) is 1. The number of hydrogen-bond acceptors (Lipinski definition) is 2. The molecule has 2 fully saturated rings. The van der Waals surface area contributed by atoms with Gasteiger partial charge in [-0.2, -0.15) is 0 Å². The summed E-state index contributed by atoms with van der Waals surface area (Å²) >= 11 is 5.60. The van der Waals surface area contributed by atoms with E-state index in [1.807, 2.05) is 6.08 Å². The third-order valence-electron chi connectivity index (χ3n) is 3.64. The van der Waals surface area contributed by atoms with Crippen molar-refractivity contribution in [1.82, 2.24) is 10.2 Å². The molecule has 2 nitrogen and oxygen atoms in total. The summed E-state index contributed by atoms with van der Waals surface area (Å²) in [4.78, 5) is 2.54. The summed E-state index contributed by atoms with van der Waals surface area (Å²) < 4.78 is 0. The Bertz CT molecular complexity index is 226. The molecule has 1 heterocycles. The zero-order chi connectivity index (χ0) is 10.7. The van der Waals surface area contributed by atoms with Gasteiger partial charge in [-0.1, -0.05) is 17.7 Å². The van der Waals surface area contributed by atoms with Crippen molar-refractivity contribution in [2.45, 2.75) is 38.3 Å². The molecule has 3 heteroatoms. The van der Waals surface area contributed by atoms with Crippen LogP contribution in [0.15, 0.2) is 11.6 Å². The Morgan fingerprint density at radius 2 is 2.20 bits per heavy atom. The zero-order valence-electron chi connectivity index (χ0n) is 9.45. The van der Waals surface area contributed by atoms with E-state index < -0.39 is 0 Å². The minimum atomic E-state index is 0.675. The first-order valence-electron chi connectivity index (χ1n) is 6.04. The maximum Gasteiger partial charge on any atom is 0.0223 e. The summed E-state index contributed by atoms with van der Waals surface area (Å²) in [6.45, 7) is 5.67. The van der Waals surface area contributed by atoms with Crippen molar-refractivity contribution in [3.05, 3.63) is 11.6 Å². The molecule has 2 atom stereocenters. The van der Waals surface area contributed by atoms with Crippen molar-refractivity contribution < 1.29 is 0 Å². The van der Waals surface area contributed by atoms with Crippen LogP contribution in [0.4, 0.5) is 0 Å². The number of nitrogens with one attached hydrogen (secondary N) is 1. The van der Waals surface area contributed by atoms with E-state index in [-0.39, 0.29) is 0 Å². The summed E-state index contributed by atoms with van der Waals surface area (Å²) in [6.07, 6.45) is 6.14. The molecular weight excluding hydrogens is 208 g/mol. The van der Waals surface area contributed by atoms with Gasteiger partial charge in [0.2, 0.25) is 0 Å². The van der Waals surface area contributed by atoms with Gasteiger partial charge in [0.25, 0.3) is 0 Å². The van der Waals surface area contributed by atoms with E-state index in [1.54, 1.807) is 5.54 Å². The SMILES string of the molecule is CC1CCNC(C2CC2)CN1C/C=C/Cl. The second-order valence-corrected chi connectivity index (χ2v) is 5.10. The highest BCUT2D eigenvalue weighted by molar-refractivity contribution is 6.25. The van der Waals surface area contributed by atoms with Crippen LogP contribution in [0.3, 0.4) is 0 Å². The second kappa shape index (κ2) is 5.33. The summed E-state index contributed by atoms with van der Waals surface area (Å²) in [6, 6.07) is 1.40. The first-order chi connectivity index (χ1) is 7.31. The van der Waals surface area contributed by atoms with Crippen LogP contribution in [0.5, 0.6) is 0 Å². The highest BCUT2D eigenvalue weighted by atomic mass is 35.5. The molecule has 15 heavy (non-hydrogen) atoms. The van der Waals surface area contributed by atoms with Crippen LogP contribution in [0.2, 0.25) is 0 Å². The Morgan fingerprint density at radius 3 is 2.87 bits per heavy atom. The van der Waals surface area contributed by atoms with Crippen molar-refractivity contribution in [3.63, 3.8) is 0 Å². The molecule has 1 aliphatic heterocycles. The molecule has 0 radical (unpaired) electrons. The van der Waals surface area contributed by atoms with Gasteiger partial charge >= 0.3 is 0 Å². The molecule has 0 aromatic rings. The van der Waals surface area contributed by atoms with E-state index in [9.17, 15) is 0 Å². The normalized spacial score (nSPS) is 34.5.